The minimum atomic E-state index is -0.0425. The Kier molecular flexibility index (Phi) is 4.69. The van der Waals surface area contributed by atoms with Crippen molar-refractivity contribution in [1.29, 1.82) is 0 Å². The summed E-state index contributed by atoms with van der Waals surface area (Å²) in [6.07, 6.45) is 1.97. The number of benzene rings is 1. The predicted molar refractivity (Wildman–Crippen MR) is 73.2 cm³/mol. The Hall–Kier alpha value is -0.270. The summed E-state index contributed by atoms with van der Waals surface area (Å²) in [5, 5.41) is 17.7. The van der Waals surface area contributed by atoms with Gasteiger partial charge in [0, 0.05) is 9.92 Å². The molecule has 17 heavy (non-hydrogen) atoms. The molecule has 0 aliphatic rings. The lowest BCUT2D eigenvalue weighted by Gasteiger charge is -2.02. The minimum absolute atomic E-state index is 0.0425. The van der Waals surface area contributed by atoms with Crippen LogP contribution in [0.2, 0.25) is 5.02 Å². The van der Waals surface area contributed by atoms with Gasteiger partial charge < -0.3 is 5.11 Å². The molecule has 0 saturated carbocycles. The van der Waals surface area contributed by atoms with E-state index in [1.807, 2.05) is 24.5 Å². The standard InChI is InChI=1S/C10H9ClN2OS3/c1-15-9-12-13-10(17-9)16-7-3-2-6(5-14)8(11)4-7/h2-4,14H,5H2,1H3. The number of nitrogens with zero attached hydrogens (tertiary/aromatic N) is 2. The molecule has 1 heterocycles. The molecule has 0 aliphatic heterocycles. The summed E-state index contributed by atoms with van der Waals surface area (Å²) < 4.78 is 1.84. The van der Waals surface area contributed by atoms with Gasteiger partial charge in [0.05, 0.1) is 6.61 Å². The van der Waals surface area contributed by atoms with Crippen molar-refractivity contribution < 1.29 is 5.11 Å². The smallest absolute Gasteiger partial charge is 0.179 e. The number of hydrogen-bond acceptors (Lipinski definition) is 6. The van der Waals surface area contributed by atoms with Gasteiger partial charge in [0.2, 0.25) is 0 Å². The maximum absolute atomic E-state index is 9.02. The molecule has 0 aliphatic carbocycles. The molecule has 0 unspecified atom stereocenters. The van der Waals surface area contributed by atoms with Crippen LogP contribution < -0.4 is 0 Å². The summed E-state index contributed by atoms with van der Waals surface area (Å²) in [7, 11) is 0. The van der Waals surface area contributed by atoms with Crippen LogP contribution in [0.5, 0.6) is 0 Å². The molecule has 0 saturated heterocycles. The van der Waals surface area contributed by atoms with E-state index in [1.54, 1.807) is 23.1 Å². The van der Waals surface area contributed by atoms with Crippen LogP contribution in [0, 0.1) is 0 Å². The number of halogens is 1. The molecule has 0 bridgehead atoms. The molecule has 1 N–H and O–H groups in total. The lowest BCUT2D eigenvalue weighted by Crippen LogP contribution is -1.84. The average Bonchev–Trinajstić information content (AvgIpc) is 2.77. The zero-order valence-corrected chi connectivity index (χ0v) is 12.1. The van der Waals surface area contributed by atoms with Crippen molar-refractivity contribution in [2.24, 2.45) is 0 Å². The van der Waals surface area contributed by atoms with Crippen molar-refractivity contribution in [1.82, 2.24) is 10.2 Å². The first kappa shape index (κ1) is 13.2. The van der Waals surface area contributed by atoms with Crippen LogP contribution in [0.15, 0.2) is 31.8 Å². The molecule has 2 rings (SSSR count). The lowest BCUT2D eigenvalue weighted by molar-refractivity contribution is 0.282. The van der Waals surface area contributed by atoms with Crippen LogP contribution in [0.3, 0.4) is 0 Å². The van der Waals surface area contributed by atoms with Crippen molar-refractivity contribution in [2.45, 2.75) is 20.2 Å². The molecule has 7 heteroatoms. The molecule has 2 aromatic rings. The second kappa shape index (κ2) is 6.06. The maximum Gasteiger partial charge on any atom is 0.179 e. The highest BCUT2D eigenvalue weighted by Crippen LogP contribution is 2.34. The van der Waals surface area contributed by atoms with E-state index >= 15 is 0 Å². The highest BCUT2D eigenvalue weighted by Gasteiger charge is 2.07. The first-order valence-corrected chi connectivity index (χ1v) is 7.91. The van der Waals surface area contributed by atoms with E-state index in [-0.39, 0.29) is 6.61 Å². The summed E-state index contributed by atoms with van der Waals surface area (Å²) in [5.41, 5.74) is 0.734. The normalized spacial score (nSPS) is 10.8. The van der Waals surface area contributed by atoms with Crippen molar-refractivity contribution >= 4 is 46.5 Å². The average molecular weight is 305 g/mol. The molecule has 0 atom stereocenters. The molecule has 1 aromatic heterocycles. The van der Waals surface area contributed by atoms with Crippen molar-refractivity contribution in [3.05, 3.63) is 28.8 Å². The Morgan fingerprint density at radius 2 is 2.12 bits per heavy atom. The van der Waals surface area contributed by atoms with Crippen molar-refractivity contribution in [2.75, 3.05) is 6.26 Å². The molecule has 0 spiro atoms. The summed E-state index contributed by atoms with van der Waals surface area (Å²) in [6.45, 7) is -0.0425. The van der Waals surface area contributed by atoms with Crippen LogP contribution in [-0.4, -0.2) is 21.6 Å². The van der Waals surface area contributed by atoms with E-state index in [0.717, 1.165) is 19.1 Å². The summed E-state index contributed by atoms with van der Waals surface area (Å²) in [6, 6.07) is 5.57. The minimum Gasteiger partial charge on any atom is -0.392 e. The molecule has 0 amide bonds. The molecular weight excluding hydrogens is 296 g/mol. The van der Waals surface area contributed by atoms with Gasteiger partial charge in [0.25, 0.3) is 0 Å². The fourth-order valence-corrected chi connectivity index (χ4v) is 3.90. The van der Waals surface area contributed by atoms with Gasteiger partial charge in [-0.1, -0.05) is 52.5 Å². The van der Waals surface area contributed by atoms with Crippen LogP contribution in [0.25, 0.3) is 0 Å². The third-order valence-electron chi connectivity index (χ3n) is 1.96. The van der Waals surface area contributed by atoms with E-state index < -0.39 is 0 Å². The summed E-state index contributed by atoms with van der Waals surface area (Å²) in [5.74, 6) is 0. The first-order valence-electron chi connectivity index (χ1n) is 4.67. The van der Waals surface area contributed by atoms with Gasteiger partial charge in [-0.3, -0.25) is 0 Å². The van der Waals surface area contributed by atoms with Crippen molar-refractivity contribution in [3.63, 3.8) is 0 Å². The fraction of sp³-hybridized carbons (Fsp3) is 0.200. The monoisotopic (exact) mass is 304 g/mol. The highest BCUT2D eigenvalue weighted by atomic mass is 35.5. The zero-order valence-electron chi connectivity index (χ0n) is 8.88. The van der Waals surface area contributed by atoms with Gasteiger partial charge in [-0.2, -0.15) is 0 Å². The third-order valence-corrected chi connectivity index (χ3v) is 5.25. The van der Waals surface area contributed by atoms with E-state index in [2.05, 4.69) is 10.2 Å². The number of thioether (sulfide) groups is 1. The predicted octanol–water partition coefficient (Wildman–Crippen LogP) is 3.56. The van der Waals surface area contributed by atoms with Crippen LogP contribution in [0.4, 0.5) is 0 Å². The van der Waals surface area contributed by atoms with Crippen molar-refractivity contribution in [3.8, 4) is 0 Å². The Balaban J connectivity index is 2.15. The van der Waals surface area contributed by atoms with Gasteiger partial charge >= 0.3 is 0 Å². The number of aromatic nitrogens is 2. The lowest BCUT2D eigenvalue weighted by atomic mass is 10.2. The second-order valence-electron chi connectivity index (χ2n) is 3.05. The molecule has 90 valence electrons. The maximum atomic E-state index is 9.02. The quantitative estimate of drug-likeness (QED) is 0.875. The van der Waals surface area contributed by atoms with Gasteiger partial charge in [-0.15, -0.1) is 10.2 Å². The van der Waals surface area contributed by atoms with Crippen LogP contribution >= 0.6 is 46.5 Å². The molecule has 0 radical (unpaired) electrons. The second-order valence-corrected chi connectivity index (χ2v) is 6.81. The number of hydrogen-bond donors (Lipinski definition) is 1. The summed E-state index contributed by atoms with van der Waals surface area (Å²) in [4.78, 5) is 0.996. The SMILES string of the molecule is CSc1nnc(Sc2ccc(CO)c(Cl)c2)s1. The first-order chi connectivity index (χ1) is 8.22. The Morgan fingerprint density at radius 1 is 1.35 bits per heavy atom. The molecular formula is C10H9ClN2OS3. The highest BCUT2D eigenvalue weighted by molar-refractivity contribution is 8.03. The molecule has 0 fully saturated rings. The largest absolute Gasteiger partial charge is 0.392 e. The van der Waals surface area contributed by atoms with Gasteiger partial charge in [-0.25, -0.2) is 0 Å². The summed E-state index contributed by atoms with van der Waals surface area (Å²) >= 11 is 10.7. The Morgan fingerprint density at radius 3 is 2.71 bits per heavy atom. The Labute approximate surface area is 117 Å². The molecule has 1 aromatic carbocycles. The number of aliphatic hydroxyl groups excluding tert-OH is 1. The van der Waals surface area contributed by atoms with Crippen LogP contribution in [-0.2, 0) is 6.61 Å². The van der Waals surface area contributed by atoms with Gasteiger partial charge in [0.15, 0.2) is 8.68 Å². The van der Waals surface area contributed by atoms with E-state index in [0.29, 0.717) is 5.02 Å². The van der Waals surface area contributed by atoms with Gasteiger partial charge in [-0.05, 0) is 24.0 Å². The zero-order chi connectivity index (χ0) is 12.3. The van der Waals surface area contributed by atoms with E-state index in [4.69, 9.17) is 16.7 Å². The van der Waals surface area contributed by atoms with Gasteiger partial charge in [0.1, 0.15) is 0 Å². The van der Waals surface area contributed by atoms with Crippen LogP contribution in [0.1, 0.15) is 5.56 Å². The fourth-order valence-electron chi connectivity index (χ4n) is 1.14. The molecule has 3 nitrogen and oxygen atoms in total. The number of rotatable bonds is 4. The van der Waals surface area contributed by atoms with E-state index in [1.165, 1.54) is 11.8 Å². The van der Waals surface area contributed by atoms with E-state index in [9.17, 15) is 0 Å². The Bertz CT molecular complexity index is 518. The number of aliphatic hydroxyl groups is 1. The topological polar surface area (TPSA) is 46.0 Å². The third kappa shape index (κ3) is 3.35.